The highest BCUT2D eigenvalue weighted by atomic mass is 16.6. The molecule has 0 aliphatic carbocycles. The van der Waals surface area contributed by atoms with Gasteiger partial charge >= 0.3 is 0 Å². The van der Waals surface area contributed by atoms with Crippen molar-refractivity contribution in [2.75, 3.05) is 13.2 Å². The molecule has 0 aliphatic heterocycles. The maximum Gasteiger partial charge on any atom is 0.243 e. The highest BCUT2D eigenvalue weighted by Crippen LogP contribution is 1.98. The van der Waals surface area contributed by atoms with Crippen LogP contribution in [-0.2, 0) is 14.3 Å². The Morgan fingerprint density at radius 2 is 2.21 bits per heavy atom. The Hall–Kier alpha value is -1.14. The van der Waals surface area contributed by atoms with Gasteiger partial charge in [0.15, 0.2) is 6.29 Å². The van der Waals surface area contributed by atoms with Crippen LogP contribution in [0.4, 0.5) is 0 Å². The van der Waals surface area contributed by atoms with Crippen molar-refractivity contribution in [1.82, 2.24) is 5.32 Å². The summed E-state index contributed by atoms with van der Waals surface area (Å²) in [6, 6.07) is 0. The molecule has 0 fully saturated rings. The number of ether oxygens (including phenoxy) is 1. The Bertz CT molecular complexity index is 196. The topological polar surface area (TPSA) is 102 Å². The normalized spacial score (nSPS) is 12.1. The van der Waals surface area contributed by atoms with Crippen molar-refractivity contribution in [3.05, 3.63) is 0 Å². The van der Waals surface area contributed by atoms with Crippen molar-refractivity contribution >= 4 is 11.8 Å². The van der Waals surface area contributed by atoms with Gasteiger partial charge in [-0.2, -0.15) is 0 Å². The predicted octanol–water partition coefficient (Wildman–Crippen LogP) is -1.28. The van der Waals surface area contributed by atoms with Crippen LogP contribution in [-0.4, -0.2) is 36.4 Å². The SMILES string of the molecule is CCNC(=O)CCC(O)OCC(N)=O. The summed E-state index contributed by atoms with van der Waals surface area (Å²) in [6.45, 7) is 2.02. The third kappa shape index (κ3) is 7.51. The summed E-state index contributed by atoms with van der Waals surface area (Å²) in [5, 5.41) is 11.7. The molecule has 0 saturated heterocycles. The summed E-state index contributed by atoms with van der Waals surface area (Å²) in [6.07, 6.45) is -0.808. The first-order valence-electron chi connectivity index (χ1n) is 4.41. The number of rotatable bonds is 7. The van der Waals surface area contributed by atoms with Crippen LogP contribution in [0.15, 0.2) is 0 Å². The number of amides is 2. The molecule has 0 saturated carbocycles. The summed E-state index contributed by atoms with van der Waals surface area (Å²) < 4.78 is 4.63. The molecule has 0 radical (unpaired) electrons. The molecule has 6 nitrogen and oxygen atoms in total. The fraction of sp³-hybridized carbons (Fsp3) is 0.750. The number of aliphatic hydroxyl groups excluding tert-OH is 1. The predicted molar refractivity (Wildman–Crippen MR) is 49.1 cm³/mol. The van der Waals surface area contributed by atoms with E-state index >= 15 is 0 Å². The summed E-state index contributed by atoms with van der Waals surface area (Å²) >= 11 is 0. The second-order valence-electron chi connectivity index (χ2n) is 2.72. The van der Waals surface area contributed by atoms with E-state index in [1.165, 1.54) is 0 Å². The van der Waals surface area contributed by atoms with Gasteiger partial charge in [-0.15, -0.1) is 0 Å². The van der Waals surface area contributed by atoms with Crippen LogP contribution in [0.3, 0.4) is 0 Å². The molecule has 4 N–H and O–H groups in total. The van der Waals surface area contributed by atoms with Crippen molar-refractivity contribution < 1.29 is 19.4 Å². The van der Waals surface area contributed by atoms with Gasteiger partial charge in [-0.05, 0) is 6.92 Å². The van der Waals surface area contributed by atoms with Crippen molar-refractivity contribution in [3.8, 4) is 0 Å². The lowest BCUT2D eigenvalue weighted by Crippen LogP contribution is -2.26. The minimum atomic E-state index is -1.12. The molecule has 0 aromatic rings. The molecular weight excluding hydrogens is 188 g/mol. The van der Waals surface area contributed by atoms with E-state index in [0.717, 1.165) is 0 Å². The summed E-state index contributed by atoms with van der Waals surface area (Å²) in [4.78, 5) is 21.2. The van der Waals surface area contributed by atoms with Crippen molar-refractivity contribution in [2.24, 2.45) is 5.73 Å². The van der Waals surface area contributed by atoms with Crippen molar-refractivity contribution in [3.63, 3.8) is 0 Å². The van der Waals surface area contributed by atoms with E-state index in [1.807, 2.05) is 0 Å². The number of hydrogen-bond donors (Lipinski definition) is 3. The zero-order valence-corrected chi connectivity index (χ0v) is 8.16. The number of nitrogens with one attached hydrogen (secondary N) is 1. The Morgan fingerprint density at radius 1 is 1.57 bits per heavy atom. The molecule has 0 bridgehead atoms. The van der Waals surface area contributed by atoms with Crippen LogP contribution in [0, 0.1) is 0 Å². The van der Waals surface area contributed by atoms with E-state index < -0.39 is 12.2 Å². The van der Waals surface area contributed by atoms with Gasteiger partial charge in [-0.3, -0.25) is 9.59 Å². The maximum atomic E-state index is 10.9. The molecule has 0 rings (SSSR count). The summed E-state index contributed by atoms with van der Waals surface area (Å²) in [7, 11) is 0. The smallest absolute Gasteiger partial charge is 0.243 e. The van der Waals surface area contributed by atoms with Crippen LogP contribution >= 0.6 is 0 Å². The van der Waals surface area contributed by atoms with E-state index in [4.69, 9.17) is 10.8 Å². The fourth-order valence-electron chi connectivity index (χ4n) is 0.802. The van der Waals surface area contributed by atoms with Crippen LogP contribution in [0.5, 0.6) is 0 Å². The van der Waals surface area contributed by atoms with E-state index in [9.17, 15) is 9.59 Å². The fourth-order valence-corrected chi connectivity index (χ4v) is 0.802. The molecule has 14 heavy (non-hydrogen) atoms. The van der Waals surface area contributed by atoms with E-state index in [2.05, 4.69) is 10.1 Å². The molecule has 0 aromatic carbocycles. The van der Waals surface area contributed by atoms with Gasteiger partial charge < -0.3 is 20.9 Å². The number of carbonyl (C=O) groups excluding carboxylic acids is 2. The second kappa shape index (κ2) is 7.28. The Morgan fingerprint density at radius 3 is 2.71 bits per heavy atom. The number of hydrogen-bond acceptors (Lipinski definition) is 4. The largest absolute Gasteiger partial charge is 0.368 e. The standard InChI is InChI=1S/C8H16N2O4/c1-2-10-7(12)3-4-8(13)14-5-6(9)11/h8,13H,2-5H2,1H3,(H2,9,11)(H,10,12). The van der Waals surface area contributed by atoms with Gasteiger partial charge in [-0.1, -0.05) is 0 Å². The number of nitrogens with two attached hydrogens (primary N) is 1. The van der Waals surface area contributed by atoms with Gasteiger partial charge in [0.05, 0.1) is 0 Å². The third-order valence-electron chi connectivity index (χ3n) is 1.41. The van der Waals surface area contributed by atoms with E-state index in [-0.39, 0.29) is 25.4 Å². The first-order valence-corrected chi connectivity index (χ1v) is 4.41. The number of carbonyl (C=O) groups is 2. The molecule has 0 aliphatic rings. The van der Waals surface area contributed by atoms with Crippen LogP contribution in [0.25, 0.3) is 0 Å². The minimum Gasteiger partial charge on any atom is -0.368 e. The average Bonchev–Trinajstić information content (AvgIpc) is 2.12. The lowest BCUT2D eigenvalue weighted by Gasteiger charge is -2.09. The molecular formula is C8H16N2O4. The molecule has 2 amide bonds. The number of primary amides is 1. The molecule has 0 aromatic heterocycles. The molecule has 82 valence electrons. The Kier molecular flexibility index (Phi) is 6.69. The van der Waals surface area contributed by atoms with Crippen LogP contribution < -0.4 is 11.1 Å². The quantitative estimate of drug-likeness (QED) is 0.450. The first-order chi connectivity index (χ1) is 6.56. The summed E-state index contributed by atoms with van der Waals surface area (Å²) in [5.41, 5.74) is 4.79. The Labute approximate surface area is 82.4 Å². The highest BCUT2D eigenvalue weighted by Gasteiger charge is 2.08. The van der Waals surface area contributed by atoms with E-state index in [1.54, 1.807) is 6.92 Å². The monoisotopic (exact) mass is 204 g/mol. The molecule has 1 atom stereocenters. The van der Waals surface area contributed by atoms with Crippen molar-refractivity contribution in [2.45, 2.75) is 26.1 Å². The zero-order valence-electron chi connectivity index (χ0n) is 8.16. The lowest BCUT2D eigenvalue weighted by molar-refractivity contribution is -0.141. The second-order valence-corrected chi connectivity index (χ2v) is 2.72. The van der Waals surface area contributed by atoms with Crippen LogP contribution in [0.2, 0.25) is 0 Å². The molecule has 0 spiro atoms. The molecule has 1 unspecified atom stereocenters. The third-order valence-corrected chi connectivity index (χ3v) is 1.41. The van der Waals surface area contributed by atoms with Gasteiger partial charge in [-0.25, -0.2) is 0 Å². The van der Waals surface area contributed by atoms with Gasteiger partial charge in [0.2, 0.25) is 11.8 Å². The lowest BCUT2D eigenvalue weighted by atomic mass is 10.3. The molecule has 0 heterocycles. The average molecular weight is 204 g/mol. The number of aliphatic hydroxyl groups is 1. The first kappa shape index (κ1) is 12.9. The van der Waals surface area contributed by atoms with Crippen LogP contribution in [0.1, 0.15) is 19.8 Å². The molecule has 6 heteroatoms. The van der Waals surface area contributed by atoms with Crippen molar-refractivity contribution in [1.29, 1.82) is 0 Å². The minimum absolute atomic E-state index is 0.152. The summed E-state index contributed by atoms with van der Waals surface area (Å²) in [5.74, 6) is -0.809. The highest BCUT2D eigenvalue weighted by molar-refractivity contribution is 5.76. The van der Waals surface area contributed by atoms with Gasteiger partial charge in [0, 0.05) is 19.4 Å². The van der Waals surface area contributed by atoms with Gasteiger partial charge in [0.1, 0.15) is 6.61 Å². The Balaban J connectivity index is 3.48. The maximum absolute atomic E-state index is 10.9. The zero-order chi connectivity index (χ0) is 11.0. The van der Waals surface area contributed by atoms with E-state index in [0.29, 0.717) is 6.54 Å². The van der Waals surface area contributed by atoms with Gasteiger partial charge in [0.25, 0.3) is 0 Å².